The lowest BCUT2D eigenvalue weighted by Crippen LogP contribution is -2.34. The number of imide groups is 1. The number of nitrogens with one attached hydrogen (secondary N) is 2. The molecule has 0 aliphatic heterocycles. The summed E-state index contributed by atoms with van der Waals surface area (Å²) < 4.78 is 3.63. The van der Waals surface area contributed by atoms with Gasteiger partial charge >= 0.3 is 6.03 Å². The van der Waals surface area contributed by atoms with Crippen molar-refractivity contribution in [2.75, 3.05) is 5.32 Å². The first kappa shape index (κ1) is 13.4. The van der Waals surface area contributed by atoms with E-state index in [0.29, 0.717) is 21.3 Å². The first-order chi connectivity index (χ1) is 9.08. The number of anilines is 1. The largest absolute Gasteiger partial charge is 0.326 e. The fourth-order valence-corrected chi connectivity index (χ4v) is 2.05. The normalized spacial score (nSPS) is 10.0. The molecule has 0 atom stereocenters. The number of nitrogens with zero attached hydrogens (tertiary/aromatic N) is 2. The molecule has 0 radical (unpaired) electrons. The van der Waals surface area contributed by atoms with E-state index >= 15 is 0 Å². The van der Waals surface area contributed by atoms with E-state index in [9.17, 15) is 9.59 Å². The third kappa shape index (κ3) is 3.27. The third-order valence-electron chi connectivity index (χ3n) is 2.21. The summed E-state index contributed by atoms with van der Waals surface area (Å²) in [5.41, 5.74) is 0.904. The standard InChI is InChI=1S/C11H9ClN4O2S/c1-6-9(19-16-15-6)10(17)14-11(18)13-8-5-3-2-4-7(8)12/h2-5H,1H3,(H2,13,14,17,18). The Labute approximate surface area is 117 Å². The third-order valence-corrected chi connectivity index (χ3v) is 3.36. The van der Waals surface area contributed by atoms with Gasteiger partial charge in [-0.1, -0.05) is 28.2 Å². The van der Waals surface area contributed by atoms with Crippen LogP contribution in [0.5, 0.6) is 0 Å². The van der Waals surface area contributed by atoms with Crippen molar-refractivity contribution in [3.8, 4) is 0 Å². The second-order valence-corrected chi connectivity index (χ2v) is 4.74. The Hall–Kier alpha value is -1.99. The summed E-state index contributed by atoms with van der Waals surface area (Å²) >= 11 is 6.81. The summed E-state index contributed by atoms with van der Waals surface area (Å²) in [5, 5.41) is 8.75. The number of rotatable bonds is 2. The number of hydrogen-bond donors (Lipinski definition) is 2. The number of urea groups is 1. The first-order valence-corrected chi connectivity index (χ1v) is 6.39. The molecule has 2 N–H and O–H groups in total. The molecule has 19 heavy (non-hydrogen) atoms. The molecule has 0 aliphatic carbocycles. The predicted octanol–water partition coefficient (Wildman–Crippen LogP) is 2.46. The molecule has 0 aliphatic rings. The molecular formula is C11H9ClN4O2S. The van der Waals surface area contributed by atoms with Crippen LogP contribution in [0.15, 0.2) is 24.3 Å². The number of benzene rings is 1. The summed E-state index contributed by atoms with van der Waals surface area (Å²) in [5.74, 6) is -0.544. The van der Waals surface area contributed by atoms with E-state index in [1.807, 2.05) is 0 Å². The number of aromatic nitrogens is 2. The van der Waals surface area contributed by atoms with Crippen LogP contribution in [0.25, 0.3) is 0 Å². The van der Waals surface area contributed by atoms with Gasteiger partial charge in [0.05, 0.1) is 16.4 Å². The van der Waals surface area contributed by atoms with Gasteiger partial charge in [-0.3, -0.25) is 10.1 Å². The van der Waals surface area contributed by atoms with Gasteiger partial charge in [-0.2, -0.15) is 0 Å². The minimum absolute atomic E-state index is 0.300. The SMILES string of the molecule is Cc1nnsc1C(=O)NC(=O)Nc1ccccc1Cl. The van der Waals surface area contributed by atoms with E-state index in [1.54, 1.807) is 31.2 Å². The van der Waals surface area contributed by atoms with Crippen LogP contribution in [0.4, 0.5) is 10.5 Å². The van der Waals surface area contributed by atoms with E-state index < -0.39 is 11.9 Å². The summed E-state index contributed by atoms with van der Waals surface area (Å²) in [7, 11) is 0. The van der Waals surface area contributed by atoms with Gasteiger partial charge in [-0.15, -0.1) is 5.10 Å². The quantitative estimate of drug-likeness (QED) is 0.891. The maximum Gasteiger partial charge on any atom is 0.326 e. The van der Waals surface area contributed by atoms with E-state index in [4.69, 9.17) is 11.6 Å². The second kappa shape index (κ2) is 5.77. The van der Waals surface area contributed by atoms with Crippen LogP contribution in [0.1, 0.15) is 15.4 Å². The molecule has 0 fully saturated rings. The molecule has 1 aromatic carbocycles. The van der Waals surface area contributed by atoms with Crippen molar-refractivity contribution in [2.24, 2.45) is 0 Å². The molecule has 0 spiro atoms. The van der Waals surface area contributed by atoms with Crippen LogP contribution in [0.3, 0.4) is 0 Å². The molecule has 98 valence electrons. The number of amides is 3. The molecular weight excluding hydrogens is 288 g/mol. The van der Waals surface area contributed by atoms with Gasteiger partial charge in [-0.25, -0.2) is 4.79 Å². The molecule has 6 nitrogen and oxygen atoms in total. The lowest BCUT2D eigenvalue weighted by atomic mass is 10.3. The Bertz CT molecular complexity index is 629. The van der Waals surface area contributed by atoms with Gasteiger partial charge in [0.1, 0.15) is 4.88 Å². The lowest BCUT2D eigenvalue weighted by molar-refractivity contribution is 0.0970. The van der Waals surface area contributed by atoms with E-state index in [2.05, 4.69) is 20.2 Å². The van der Waals surface area contributed by atoms with E-state index in [-0.39, 0.29) is 0 Å². The summed E-state index contributed by atoms with van der Waals surface area (Å²) in [6, 6.07) is 6.07. The molecule has 1 aromatic heterocycles. The molecule has 3 amide bonds. The molecule has 0 saturated carbocycles. The van der Waals surface area contributed by atoms with Gasteiger partial charge in [0, 0.05) is 0 Å². The molecule has 0 unspecified atom stereocenters. The Kier molecular flexibility index (Phi) is 4.08. The van der Waals surface area contributed by atoms with Crippen LogP contribution >= 0.6 is 23.1 Å². The number of aryl methyl sites for hydroxylation is 1. The Morgan fingerprint density at radius 2 is 2.05 bits per heavy atom. The van der Waals surface area contributed by atoms with Crippen molar-refractivity contribution in [1.29, 1.82) is 0 Å². The molecule has 2 aromatic rings. The van der Waals surface area contributed by atoms with Gasteiger partial charge in [0.25, 0.3) is 5.91 Å². The van der Waals surface area contributed by atoms with Crippen LogP contribution in [-0.2, 0) is 0 Å². The molecule has 8 heteroatoms. The van der Waals surface area contributed by atoms with Gasteiger partial charge < -0.3 is 5.32 Å². The number of para-hydroxylation sites is 1. The van der Waals surface area contributed by atoms with Crippen molar-refractivity contribution in [3.63, 3.8) is 0 Å². The number of carbonyl (C=O) groups excluding carboxylic acids is 2. The average molecular weight is 297 g/mol. The maximum atomic E-state index is 11.7. The topological polar surface area (TPSA) is 84.0 Å². The summed E-state index contributed by atoms with van der Waals surface area (Å²) in [6.07, 6.45) is 0. The Morgan fingerprint density at radius 3 is 2.68 bits per heavy atom. The fraction of sp³-hybridized carbons (Fsp3) is 0.0909. The molecule has 0 saturated heterocycles. The van der Waals surface area contributed by atoms with Gasteiger partial charge in [0.15, 0.2) is 0 Å². The van der Waals surface area contributed by atoms with Crippen molar-refractivity contribution in [3.05, 3.63) is 39.9 Å². The zero-order valence-corrected chi connectivity index (χ0v) is 11.4. The summed E-state index contributed by atoms with van der Waals surface area (Å²) in [4.78, 5) is 23.7. The van der Waals surface area contributed by atoms with Gasteiger partial charge in [-0.05, 0) is 30.6 Å². The van der Waals surface area contributed by atoms with Crippen molar-refractivity contribution in [2.45, 2.75) is 6.92 Å². The predicted molar refractivity (Wildman–Crippen MR) is 72.6 cm³/mol. The lowest BCUT2D eigenvalue weighted by Gasteiger charge is -2.07. The van der Waals surface area contributed by atoms with Gasteiger partial charge in [0.2, 0.25) is 0 Å². The smallest absolute Gasteiger partial charge is 0.306 e. The molecule has 0 bridgehead atoms. The number of halogens is 1. The fourth-order valence-electron chi connectivity index (χ4n) is 1.32. The highest BCUT2D eigenvalue weighted by molar-refractivity contribution is 7.08. The number of carbonyl (C=O) groups is 2. The second-order valence-electron chi connectivity index (χ2n) is 3.58. The van der Waals surface area contributed by atoms with Crippen LogP contribution in [-0.4, -0.2) is 21.5 Å². The minimum Gasteiger partial charge on any atom is -0.306 e. The highest BCUT2D eigenvalue weighted by Gasteiger charge is 2.16. The Balaban J connectivity index is 2.01. The Morgan fingerprint density at radius 1 is 1.32 bits per heavy atom. The maximum absolute atomic E-state index is 11.7. The molecule has 1 heterocycles. The zero-order chi connectivity index (χ0) is 13.8. The monoisotopic (exact) mass is 296 g/mol. The minimum atomic E-state index is -0.661. The van der Waals surface area contributed by atoms with Crippen LogP contribution in [0, 0.1) is 6.92 Å². The highest BCUT2D eigenvalue weighted by Crippen LogP contribution is 2.20. The van der Waals surface area contributed by atoms with Crippen molar-refractivity contribution in [1.82, 2.24) is 14.9 Å². The summed E-state index contributed by atoms with van der Waals surface area (Å²) in [6.45, 7) is 1.64. The van der Waals surface area contributed by atoms with E-state index in [0.717, 1.165) is 11.5 Å². The van der Waals surface area contributed by atoms with Crippen molar-refractivity contribution >= 4 is 40.8 Å². The van der Waals surface area contributed by atoms with Crippen molar-refractivity contribution < 1.29 is 9.59 Å². The average Bonchev–Trinajstić information content (AvgIpc) is 2.78. The highest BCUT2D eigenvalue weighted by atomic mass is 35.5. The van der Waals surface area contributed by atoms with Crippen LogP contribution in [0.2, 0.25) is 5.02 Å². The first-order valence-electron chi connectivity index (χ1n) is 5.23. The van der Waals surface area contributed by atoms with E-state index in [1.165, 1.54) is 0 Å². The zero-order valence-electron chi connectivity index (χ0n) is 9.81. The van der Waals surface area contributed by atoms with Crippen LogP contribution < -0.4 is 10.6 Å². The number of hydrogen-bond acceptors (Lipinski definition) is 5. The molecule has 2 rings (SSSR count).